The van der Waals surface area contributed by atoms with E-state index in [9.17, 15) is 4.79 Å². The SMILES string of the molecule is CCOC(=O)C1=C(C)N=C(SCc2ccc(Cl)nc2)N(Cc2ccc(Cl)nc2)C1c1ccc(OC)cc1. The molecule has 10 heteroatoms. The number of thioether (sulfide) groups is 1. The van der Waals surface area contributed by atoms with Crippen molar-refractivity contribution in [1.29, 1.82) is 0 Å². The molecule has 7 nitrogen and oxygen atoms in total. The van der Waals surface area contributed by atoms with Gasteiger partial charge in [-0.05, 0) is 54.8 Å². The minimum atomic E-state index is -0.441. The average Bonchev–Trinajstić information content (AvgIpc) is 2.90. The first kappa shape index (κ1) is 27.0. The van der Waals surface area contributed by atoms with Crippen molar-refractivity contribution in [2.45, 2.75) is 32.2 Å². The molecule has 192 valence electrons. The number of halogens is 2. The molecule has 1 aliphatic rings. The van der Waals surface area contributed by atoms with Gasteiger partial charge in [0.1, 0.15) is 16.1 Å². The van der Waals surface area contributed by atoms with E-state index in [1.54, 1.807) is 50.3 Å². The molecule has 4 rings (SSSR count). The van der Waals surface area contributed by atoms with E-state index in [0.29, 0.717) is 33.9 Å². The van der Waals surface area contributed by atoms with Gasteiger partial charge in [-0.15, -0.1) is 0 Å². The van der Waals surface area contributed by atoms with Crippen molar-refractivity contribution in [2.24, 2.45) is 4.99 Å². The minimum absolute atomic E-state index is 0.265. The molecule has 3 aromatic rings. The molecule has 0 N–H and O–H groups in total. The number of aliphatic imine (C=N–C) groups is 1. The molecule has 1 atom stereocenters. The van der Waals surface area contributed by atoms with E-state index in [1.165, 1.54) is 0 Å². The fourth-order valence-corrected chi connectivity index (χ4v) is 5.17. The molecule has 1 aromatic carbocycles. The van der Waals surface area contributed by atoms with Crippen LogP contribution in [0, 0.1) is 0 Å². The zero-order chi connectivity index (χ0) is 26.4. The van der Waals surface area contributed by atoms with Crippen molar-refractivity contribution in [3.63, 3.8) is 0 Å². The number of aromatic nitrogens is 2. The number of amidine groups is 1. The number of rotatable bonds is 8. The third-order valence-electron chi connectivity index (χ3n) is 5.71. The fourth-order valence-electron chi connectivity index (χ4n) is 3.94. The van der Waals surface area contributed by atoms with Crippen LogP contribution in [0.15, 0.2) is 77.2 Å². The Labute approximate surface area is 230 Å². The minimum Gasteiger partial charge on any atom is -0.497 e. The van der Waals surface area contributed by atoms with Gasteiger partial charge < -0.3 is 14.4 Å². The van der Waals surface area contributed by atoms with Gasteiger partial charge in [-0.25, -0.2) is 19.8 Å². The second-order valence-corrected chi connectivity index (χ2v) is 9.90. The normalized spacial score (nSPS) is 15.4. The molecular weight excluding hydrogens is 531 g/mol. The first-order valence-electron chi connectivity index (χ1n) is 11.6. The standard InChI is InChI=1S/C27H26Cl2N4O3S/c1-4-36-26(34)24-17(2)32-27(37-16-19-6-12-23(29)31-14-19)33(15-18-5-11-22(28)30-13-18)25(24)20-7-9-21(35-3)10-8-20/h5-14,25H,4,15-16H2,1-3H3. The smallest absolute Gasteiger partial charge is 0.338 e. The van der Waals surface area contributed by atoms with Crippen molar-refractivity contribution in [1.82, 2.24) is 14.9 Å². The van der Waals surface area contributed by atoms with Gasteiger partial charge in [0.2, 0.25) is 0 Å². The van der Waals surface area contributed by atoms with E-state index >= 15 is 0 Å². The van der Waals surface area contributed by atoms with Gasteiger partial charge in [0.25, 0.3) is 0 Å². The monoisotopic (exact) mass is 556 g/mol. The number of carbonyl (C=O) groups is 1. The van der Waals surface area contributed by atoms with E-state index in [0.717, 1.165) is 27.6 Å². The van der Waals surface area contributed by atoms with Crippen LogP contribution >= 0.6 is 35.0 Å². The first-order chi connectivity index (χ1) is 17.9. The number of pyridine rings is 2. The number of hydrogen-bond acceptors (Lipinski definition) is 8. The maximum absolute atomic E-state index is 13.2. The van der Waals surface area contributed by atoms with E-state index in [4.69, 9.17) is 37.7 Å². The fraction of sp³-hybridized carbons (Fsp3) is 0.259. The van der Waals surface area contributed by atoms with Crippen LogP contribution in [0.25, 0.3) is 0 Å². The Morgan fingerprint density at radius 3 is 2.22 bits per heavy atom. The highest BCUT2D eigenvalue weighted by atomic mass is 35.5. The van der Waals surface area contributed by atoms with Crippen LogP contribution in [-0.2, 0) is 21.8 Å². The summed E-state index contributed by atoms with van der Waals surface area (Å²) in [5, 5.41) is 1.62. The molecule has 0 radical (unpaired) electrons. The second kappa shape index (κ2) is 12.4. The predicted molar refractivity (Wildman–Crippen MR) is 148 cm³/mol. The van der Waals surface area contributed by atoms with Crippen LogP contribution in [0.5, 0.6) is 5.75 Å². The third kappa shape index (κ3) is 6.63. The zero-order valence-electron chi connectivity index (χ0n) is 20.6. The van der Waals surface area contributed by atoms with Gasteiger partial charge in [0, 0.05) is 24.7 Å². The summed E-state index contributed by atoms with van der Waals surface area (Å²) in [4.78, 5) is 28.6. The summed E-state index contributed by atoms with van der Waals surface area (Å²) < 4.78 is 10.8. The maximum Gasteiger partial charge on any atom is 0.338 e. The molecule has 0 bridgehead atoms. The highest BCUT2D eigenvalue weighted by molar-refractivity contribution is 8.13. The van der Waals surface area contributed by atoms with Crippen LogP contribution in [0.1, 0.15) is 36.6 Å². The number of nitrogens with zero attached hydrogens (tertiary/aromatic N) is 4. The van der Waals surface area contributed by atoms with Crippen LogP contribution in [-0.4, -0.2) is 39.7 Å². The quantitative estimate of drug-likeness (QED) is 0.232. The Kier molecular flexibility index (Phi) is 9.08. The van der Waals surface area contributed by atoms with Crippen molar-refractivity contribution in [2.75, 3.05) is 13.7 Å². The summed E-state index contributed by atoms with van der Waals surface area (Å²) in [6.07, 6.45) is 3.48. The summed E-state index contributed by atoms with van der Waals surface area (Å²) in [5.41, 5.74) is 3.94. The highest BCUT2D eigenvalue weighted by Gasteiger charge is 2.37. The van der Waals surface area contributed by atoms with Gasteiger partial charge in [-0.1, -0.05) is 59.2 Å². The molecule has 1 unspecified atom stereocenters. The van der Waals surface area contributed by atoms with Crippen LogP contribution in [0.2, 0.25) is 10.3 Å². The number of ether oxygens (including phenoxy) is 2. The second-order valence-electron chi connectivity index (χ2n) is 8.18. The van der Waals surface area contributed by atoms with E-state index in [2.05, 4.69) is 14.9 Å². The van der Waals surface area contributed by atoms with Crippen LogP contribution in [0.4, 0.5) is 0 Å². The predicted octanol–water partition coefficient (Wildman–Crippen LogP) is 6.48. The topological polar surface area (TPSA) is 76.9 Å². The molecule has 0 saturated carbocycles. The molecule has 1 aliphatic heterocycles. The number of allylic oxidation sites excluding steroid dienone is 1. The molecule has 37 heavy (non-hydrogen) atoms. The molecule has 0 fully saturated rings. The number of benzene rings is 1. The molecule has 0 spiro atoms. The number of carbonyl (C=O) groups excluding carboxylic acids is 1. The van der Waals surface area contributed by atoms with Crippen molar-refractivity contribution in [3.05, 3.63) is 99.2 Å². The van der Waals surface area contributed by atoms with Crippen LogP contribution < -0.4 is 4.74 Å². The molecular formula is C27H26Cl2N4O3S. The third-order valence-corrected chi connectivity index (χ3v) is 7.22. The summed E-state index contributed by atoms with van der Waals surface area (Å²) in [5.74, 6) is 0.954. The molecule has 0 aliphatic carbocycles. The van der Waals surface area contributed by atoms with Crippen molar-refractivity contribution < 1.29 is 14.3 Å². The number of methoxy groups -OCH3 is 1. The lowest BCUT2D eigenvalue weighted by Crippen LogP contribution is -2.39. The molecule has 0 saturated heterocycles. The van der Waals surface area contributed by atoms with Crippen molar-refractivity contribution >= 4 is 46.1 Å². The maximum atomic E-state index is 13.2. The zero-order valence-corrected chi connectivity index (χ0v) is 23.0. The Bertz CT molecular complexity index is 1300. The summed E-state index contributed by atoms with van der Waals surface area (Å²) in [6.45, 7) is 4.35. The van der Waals surface area contributed by atoms with Gasteiger partial charge in [-0.2, -0.15) is 0 Å². The van der Waals surface area contributed by atoms with E-state index in [-0.39, 0.29) is 6.61 Å². The van der Waals surface area contributed by atoms with Crippen molar-refractivity contribution in [3.8, 4) is 5.75 Å². The summed E-state index contributed by atoms with van der Waals surface area (Å²) in [7, 11) is 1.62. The number of esters is 1. The Hall–Kier alpha value is -3.07. The Balaban J connectivity index is 1.78. The molecule has 2 aromatic heterocycles. The largest absolute Gasteiger partial charge is 0.497 e. The lowest BCUT2D eigenvalue weighted by atomic mass is 9.94. The average molecular weight is 558 g/mol. The lowest BCUT2D eigenvalue weighted by molar-refractivity contribution is -0.139. The van der Waals surface area contributed by atoms with Gasteiger partial charge in [-0.3, -0.25) is 0 Å². The van der Waals surface area contributed by atoms with E-state index < -0.39 is 12.0 Å². The summed E-state index contributed by atoms with van der Waals surface area (Å²) >= 11 is 13.6. The van der Waals surface area contributed by atoms with Crippen LogP contribution in [0.3, 0.4) is 0 Å². The summed E-state index contributed by atoms with van der Waals surface area (Å²) in [6, 6.07) is 14.6. The number of hydrogen-bond donors (Lipinski definition) is 0. The molecule has 0 amide bonds. The first-order valence-corrected chi connectivity index (χ1v) is 13.3. The Morgan fingerprint density at radius 1 is 1.00 bits per heavy atom. The van der Waals surface area contributed by atoms with Gasteiger partial charge in [0.15, 0.2) is 5.17 Å². The lowest BCUT2D eigenvalue weighted by Gasteiger charge is -2.38. The highest BCUT2D eigenvalue weighted by Crippen LogP contribution is 2.40. The van der Waals surface area contributed by atoms with Gasteiger partial charge in [0.05, 0.1) is 31.0 Å². The van der Waals surface area contributed by atoms with Gasteiger partial charge >= 0.3 is 5.97 Å². The van der Waals surface area contributed by atoms with E-state index in [1.807, 2.05) is 43.3 Å². The molecule has 3 heterocycles. The Morgan fingerprint density at radius 2 is 1.65 bits per heavy atom.